The molecule has 0 aromatic heterocycles. The zero-order chi connectivity index (χ0) is 9.97. The molecule has 76 valence electrons. The minimum Gasteiger partial charge on any atom is -0.395 e. The van der Waals surface area contributed by atoms with Crippen LogP contribution in [0.25, 0.3) is 0 Å². The molecule has 0 radical (unpaired) electrons. The fraction of sp³-hybridized carbons (Fsp3) is 0.500. The van der Waals surface area contributed by atoms with E-state index in [-0.39, 0.29) is 6.61 Å². The third kappa shape index (κ3) is 1.81. The summed E-state index contributed by atoms with van der Waals surface area (Å²) in [4.78, 5) is 2.33. The quantitative estimate of drug-likeness (QED) is 0.782. The second kappa shape index (κ2) is 4.11. The summed E-state index contributed by atoms with van der Waals surface area (Å²) in [5.74, 6) is 0.642. The predicted molar refractivity (Wildman–Crippen MR) is 56.9 cm³/mol. The van der Waals surface area contributed by atoms with Crippen LogP contribution in [0.1, 0.15) is 12.5 Å². The predicted octanol–water partition coefficient (Wildman–Crippen LogP) is 1.50. The first-order chi connectivity index (χ1) is 6.81. The van der Waals surface area contributed by atoms with E-state index in [0.717, 1.165) is 13.1 Å². The van der Waals surface area contributed by atoms with Crippen LogP contribution in [0.15, 0.2) is 30.3 Å². The SMILES string of the molecule is C[C@@H]1CN(Cc2ccccc2)[C@@H]1CO. The number of nitrogens with zero attached hydrogens (tertiary/aromatic N) is 1. The highest BCUT2D eigenvalue weighted by molar-refractivity contribution is 5.15. The Balaban J connectivity index is 1.93. The summed E-state index contributed by atoms with van der Waals surface area (Å²) in [7, 11) is 0. The van der Waals surface area contributed by atoms with Gasteiger partial charge in [-0.3, -0.25) is 4.90 Å². The van der Waals surface area contributed by atoms with E-state index < -0.39 is 0 Å². The largest absolute Gasteiger partial charge is 0.395 e. The number of aliphatic hydroxyl groups excluding tert-OH is 1. The second-order valence-electron chi connectivity index (χ2n) is 4.14. The second-order valence-corrected chi connectivity index (χ2v) is 4.14. The molecule has 1 saturated heterocycles. The molecule has 1 N–H and O–H groups in total. The molecule has 2 atom stereocenters. The molecule has 0 amide bonds. The monoisotopic (exact) mass is 191 g/mol. The van der Waals surface area contributed by atoms with Gasteiger partial charge in [0, 0.05) is 19.1 Å². The minimum absolute atomic E-state index is 0.286. The maximum absolute atomic E-state index is 9.16. The van der Waals surface area contributed by atoms with Crippen molar-refractivity contribution in [1.82, 2.24) is 4.90 Å². The van der Waals surface area contributed by atoms with Crippen molar-refractivity contribution in [2.24, 2.45) is 5.92 Å². The van der Waals surface area contributed by atoms with E-state index in [1.807, 2.05) is 6.07 Å². The van der Waals surface area contributed by atoms with Gasteiger partial charge in [-0.15, -0.1) is 0 Å². The lowest BCUT2D eigenvalue weighted by Crippen LogP contribution is -2.56. The molecule has 0 unspecified atom stereocenters. The number of hydrogen-bond acceptors (Lipinski definition) is 2. The molecule has 0 saturated carbocycles. The normalized spacial score (nSPS) is 27.3. The van der Waals surface area contributed by atoms with Crippen molar-refractivity contribution >= 4 is 0 Å². The van der Waals surface area contributed by atoms with E-state index in [1.165, 1.54) is 5.56 Å². The van der Waals surface area contributed by atoms with E-state index in [4.69, 9.17) is 5.11 Å². The van der Waals surface area contributed by atoms with Crippen molar-refractivity contribution in [3.8, 4) is 0 Å². The van der Waals surface area contributed by atoms with E-state index in [0.29, 0.717) is 12.0 Å². The van der Waals surface area contributed by atoms with E-state index in [9.17, 15) is 0 Å². The van der Waals surface area contributed by atoms with Crippen molar-refractivity contribution in [3.63, 3.8) is 0 Å². The van der Waals surface area contributed by atoms with Crippen LogP contribution < -0.4 is 0 Å². The average Bonchev–Trinajstić information content (AvgIpc) is 2.19. The zero-order valence-electron chi connectivity index (χ0n) is 8.56. The lowest BCUT2D eigenvalue weighted by atomic mass is 9.90. The Kier molecular flexibility index (Phi) is 2.85. The van der Waals surface area contributed by atoms with Crippen molar-refractivity contribution in [1.29, 1.82) is 0 Å². The first-order valence-corrected chi connectivity index (χ1v) is 5.20. The first-order valence-electron chi connectivity index (χ1n) is 5.20. The maximum Gasteiger partial charge on any atom is 0.0590 e. The number of benzene rings is 1. The topological polar surface area (TPSA) is 23.5 Å². The lowest BCUT2D eigenvalue weighted by Gasteiger charge is -2.45. The van der Waals surface area contributed by atoms with Crippen LogP contribution in [0.2, 0.25) is 0 Å². The summed E-state index contributed by atoms with van der Waals surface area (Å²) in [6.45, 7) is 4.56. The Morgan fingerprint density at radius 2 is 2.07 bits per heavy atom. The first kappa shape index (κ1) is 9.69. The van der Waals surface area contributed by atoms with Crippen molar-refractivity contribution in [2.45, 2.75) is 19.5 Å². The van der Waals surface area contributed by atoms with Crippen LogP contribution in [-0.4, -0.2) is 29.2 Å². The molecule has 2 heteroatoms. The number of rotatable bonds is 3. The summed E-state index contributed by atoms with van der Waals surface area (Å²) in [5.41, 5.74) is 1.33. The van der Waals surface area contributed by atoms with Gasteiger partial charge in [0.1, 0.15) is 0 Å². The molecule has 1 aromatic rings. The van der Waals surface area contributed by atoms with Crippen LogP contribution in [0, 0.1) is 5.92 Å². The van der Waals surface area contributed by atoms with Crippen molar-refractivity contribution < 1.29 is 5.11 Å². The van der Waals surface area contributed by atoms with Crippen LogP contribution in [0.4, 0.5) is 0 Å². The molecule has 2 nitrogen and oxygen atoms in total. The highest BCUT2D eigenvalue weighted by Gasteiger charge is 2.34. The van der Waals surface area contributed by atoms with Gasteiger partial charge in [-0.1, -0.05) is 37.3 Å². The number of aliphatic hydroxyl groups is 1. The maximum atomic E-state index is 9.16. The summed E-state index contributed by atoms with van der Waals surface area (Å²) >= 11 is 0. The summed E-state index contributed by atoms with van der Waals surface area (Å²) < 4.78 is 0. The third-order valence-corrected chi connectivity index (χ3v) is 3.06. The van der Waals surface area contributed by atoms with Crippen LogP contribution in [-0.2, 0) is 6.54 Å². The summed E-state index contributed by atoms with van der Waals surface area (Å²) in [5, 5.41) is 9.16. The fourth-order valence-corrected chi connectivity index (χ4v) is 2.14. The average molecular weight is 191 g/mol. The molecule has 1 heterocycles. The molecule has 0 bridgehead atoms. The Morgan fingerprint density at radius 3 is 2.64 bits per heavy atom. The smallest absolute Gasteiger partial charge is 0.0590 e. The van der Waals surface area contributed by atoms with Gasteiger partial charge in [0.2, 0.25) is 0 Å². The summed E-state index contributed by atoms with van der Waals surface area (Å²) in [6.07, 6.45) is 0. The Hall–Kier alpha value is -0.860. The Morgan fingerprint density at radius 1 is 1.36 bits per heavy atom. The highest BCUT2D eigenvalue weighted by Crippen LogP contribution is 2.25. The molecular formula is C12H17NO. The van der Waals surface area contributed by atoms with Gasteiger partial charge in [0.25, 0.3) is 0 Å². The minimum atomic E-state index is 0.286. The van der Waals surface area contributed by atoms with E-state index in [2.05, 4.69) is 36.1 Å². The number of hydrogen-bond donors (Lipinski definition) is 1. The molecular weight excluding hydrogens is 174 g/mol. The Labute approximate surface area is 85.2 Å². The fourth-order valence-electron chi connectivity index (χ4n) is 2.14. The molecule has 1 fully saturated rings. The van der Waals surface area contributed by atoms with Gasteiger partial charge < -0.3 is 5.11 Å². The molecule has 1 aliphatic heterocycles. The summed E-state index contributed by atoms with van der Waals surface area (Å²) in [6, 6.07) is 10.8. The van der Waals surface area contributed by atoms with Crippen molar-refractivity contribution in [3.05, 3.63) is 35.9 Å². The molecule has 1 aromatic carbocycles. The van der Waals surface area contributed by atoms with Gasteiger partial charge in [-0.2, -0.15) is 0 Å². The van der Waals surface area contributed by atoms with Gasteiger partial charge >= 0.3 is 0 Å². The van der Waals surface area contributed by atoms with Crippen LogP contribution in [0.5, 0.6) is 0 Å². The van der Waals surface area contributed by atoms with Crippen molar-refractivity contribution in [2.75, 3.05) is 13.2 Å². The van der Waals surface area contributed by atoms with E-state index >= 15 is 0 Å². The van der Waals surface area contributed by atoms with Gasteiger partial charge in [-0.05, 0) is 11.5 Å². The van der Waals surface area contributed by atoms with Gasteiger partial charge in [0.15, 0.2) is 0 Å². The molecule has 0 aliphatic carbocycles. The number of likely N-dealkylation sites (tertiary alicyclic amines) is 1. The molecule has 2 rings (SSSR count). The van der Waals surface area contributed by atoms with E-state index in [1.54, 1.807) is 0 Å². The molecule has 14 heavy (non-hydrogen) atoms. The molecule has 0 spiro atoms. The highest BCUT2D eigenvalue weighted by atomic mass is 16.3. The molecule has 1 aliphatic rings. The Bertz CT molecular complexity index is 286. The zero-order valence-corrected chi connectivity index (χ0v) is 8.56. The third-order valence-electron chi connectivity index (χ3n) is 3.06. The van der Waals surface area contributed by atoms with Gasteiger partial charge in [-0.25, -0.2) is 0 Å². The lowest BCUT2D eigenvalue weighted by molar-refractivity contribution is -0.0175. The van der Waals surface area contributed by atoms with Crippen LogP contribution >= 0.6 is 0 Å². The van der Waals surface area contributed by atoms with Gasteiger partial charge in [0.05, 0.1) is 6.61 Å². The standard InChI is InChI=1S/C12H17NO/c1-10-7-13(12(10)9-14)8-11-5-3-2-4-6-11/h2-6,10,12,14H,7-9H2,1H3/t10-,12-/m1/s1. The van der Waals surface area contributed by atoms with Crippen LogP contribution in [0.3, 0.4) is 0 Å².